The highest BCUT2D eigenvalue weighted by molar-refractivity contribution is 7.07. The summed E-state index contributed by atoms with van der Waals surface area (Å²) in [5.74, 6) is 0.872. The van der Waals surface area contributed by atoms with Crippen LogP contribution in [-0.4, -0.2) is 36.3 Å². The van der Waals surface area contributed by atoms with Crippen molar-refractivity contribution in [2.24, 2.45) is 4.99 Å². The number of nitro groups is 1. The van der Waals surface area contributed by atoms with Gasteiger partial charge in [0.15, 0.2) is 16.3 Å². The molecule has 0 amide bonds. The van der Waals surface area contributed by atoms with Crippen LogP contribution in [0.25, 0.3) is 23.1 Å². The molecule has 3 aromatic carbocycles. The standard InChI is InChI=1S/C34H26ClN3O8S/c1-4-45-33(40)29-30(19-8-6-5-7-9-19)36-34-37(31(29)20-10-14-26(43-2)27(16-20)44-3)32(39)28(47-34)18-22-12-15-25(46-22)23-17-21(38(41)42)11-13-24(23)35/h5-18,31H,4H2,1-3H3/b28-18-/t31-/m0/s1. The molecule has 1 aliphatic heterocycles. The zero-order chi connectivity index (χ0) is 33.2. The van der Waals surface area contributed by atoms with Gasteiger partial charge in [-0.3, -0.25) is 19.5 Å². The van der Waals surface area contributed by atoms with Crippen LogP contribution in [0.3, 0.4) is 0 Å². The number of methoxy groups -OCH3 is 2. The van der Waals surface area contributed by atoms with Gasteiger partial charge in [-0.25, -0.2) is 9.79 Å². The molecule has 0 unspecified atom stereocenters. The van der Waals surface area contributed by atoms with Gasteiger partial charge in [0.1, 0.15) is 11.5 Å². The Hall–Kier alpha value is -5.46. The Balaban J connectivity index is 1.57. The molecule has 0 saturated heterocycles. The number of hydrogen-bond acceptors (Lipinski definition) is 10. The average molecular weight is 672 g/mol. The lowest BCUT2D eigenvalue weighted by Gasteiger charge is -2.26. The van der Waals surface area contributed by atoms with Crippen LogP contribution in [0.4, 0.5) is 5.69 Å². The first-order chi connectivity index (χ1) is 22.7. The molecular formula is C34H26ClN3O8S. The third kappa shape index (κ3) is 5.96. The smallest absolute Gasteiger partial charge is 0.338 e. The van der Waals surface area contributed by atoms with Gasteiger partial charge in [0.2, 0.25) is 0 Å². The fourth-order valence-corrected chi connectivity index (χ4v) is 6.49. The Bertz CT molecular complexity index is 2240. The summed E-state index contributed by atoms with van der Waals surface area (Å²) >= 11 is 7.45. The van der Waals surface area contributed by atoms with Gasteiger partial charge in [-0.15, -0.1) is 0 Å². The number of fused-ring (bicyclic) bond motifs is 1. The molecule has 1 aliphatic rings. The van der Waals surface area contributed by atoms with Gasteiger partial charge in [0, 0.05) is 29.3 Å². The number of benzene rings is 3. The van der Waals surface area contributed by atoms with Crippen molar-refractivity contribution in [3.8, 4) is 22.8 Å². The second-order valence-corrected chi connectivity index (χ2v) is 11.6. The fourth-order valence-electron chi connectivity index (χ4n) is 5.30. The number of carbonyl (C=O) groups excluding carboxylic acids is 1. The molecule has 3 heterocycles. The zero-order valence-corrected chi connectivity index (χ0v) is 26.8. The van der Waals surface area contributed by atoms with Crippen LogP contribution in [0.15, 0.2) is 98.6 Å². The van der Waals surface area contributed by atoms with E-state index in [0.717, 1.165) is 11.3 Å². The van der Waals surface area contributed by atoms with Crippen LogP contribution >= 0.6 is 22.9 Å². The van der Waals surface area contributed by atoms with Gasteiger partial charge < -0.3 is 18.6 Å². The normalized spacial score (nSPS) is 14.4. The van der Waals surface area contributed by atoms with E-state index in [2.05, 4.69) is 0 Å². The van der Waals surface area contributed by atoms with Crippen molar-refractivity contribution in [3.63, 3.8) is 0 Å². The second-order valence-electron chi connectivity index (χ2n) is 10.2. The maximum absolute atomic E-state index is 14.2. The predicted molar refractivity (Wildman–Crippen MR) is 176 cm³/mol. The summed E-state index contributed by atoms with van der Waals surface area (Å²) in [7, 11) is 3.02. The molecule has 1 atom stereocenters. The Morgan fingerprint density at radius 3 is 2.53 bits per heavy atom. The number of hydrogen-bond donors (Lipinski definition) is 0. The first-order valence-electron chi connectivity index (χ1n) is 14.3. The molecule has 2 aromatic heterocycles. The number of ether oxygens (including phenoxy) is 3. The van der Waals surface area contributed by atoms with E-state index in [0.29, 0.717) is 44.4 Å². The van der Waals surface area contributed by atoms with Crippen molar-refractivity contribution in [2.45, 2.75) is 13.0 Å². The number of nitro benzene ring substituents is 1. The number of rotatable bonds is 9. The van der Waals surface area contributed by atoms with Gasteiger partial charge in [-0.05, 0) is 42.8 Å². The van der Waals surface area contributed by atoms with Gasteiger partial charge in [0.25, 0.3) is 11.2 Å². The lowest BCUT2D eigenvalue weighted by molar-refractivity contribution is -0.384. The van der Waals surface area contributed by atoms with Crippen molar-refractivity contribution in [1.29, 1.82) is 0 Å². The quantitative estimate of drug-likeness (QED) is 0.109. The number of furan rings is 1. The van der Waals surface area contributed by atoms with E-state index in [9.17, 15) is 19.7 Å². The van der Waals surface area contributed by atoms with Crippen LogP contribution in [-0.2, 0) is 9.53 Å². The summed E-state index contributed by atoms with van der Waals surface area (Å²) in [6.07, 6.45) is 1.56. The van der Waals surface area contributed by atoms with Gasteiger partial charge in [0.05, 0.1) is 52.6 Å². The molecule has 6 rings (SSSR count). The molecule has 13 heteroatoms. The third-order valence-corrected chi connectivity index (χ3v) is 8.74. The molecule has 238 valence electrons. The number of aromatic nitrogens is 1. The monoisotopic (exact) mass is 671 g/mol. The average Bonchev–Trinajstić information content (AvgIpc) is 3.67. The molecule has 5 aromatic rings. The number of halogens is 1. The molecule has 0 N–H and O–H groups in total. The minimum atomic E-state index is -0.932. The number of nitrogens with zero attached hydrogens (tertiary/aromatic N) is 3. The maximum atomic E-state index is 14.2. The van der Waals surface area contributed by atoms with Crippen molar-refractivity contribution in [2.75, 3.05) is 20.8 Å². The molecule has 0 fully saturated rings. The van der Waals surface area contributed by atoms with Crippen LogP contribution in [0.1, 0.15) is 29.9 Å². The Labute approximate surface area is 276 Å². The zero-order valence-electron chi connectivity index (χ0n) is 25.3. The molecule has 0 aliphatic carbocycles. The molecule has 0 radical (unpaired) electrons. The van der Waals surface area contributed by atoms with Crippen molar-refractivity contribution < 1.29 is 28.3 Å². The lowest BCUT2D eigenvalue weighted by atomic mass is 9.93. The molecule has 11 nitrogen and oxygen atoms in total. The summed E-state index contributed by atoms with van der Waals surface area (Å²) in [5.41, 5.74) is 1.57. The first kappa shape index (κ1) is 31.5. The Kier molecular flexibility index (Phi) is 8.79. The Morgan fingerprint density at radius 1 is 1.06 bits per heavy atom. The van der Waals surface area contributed by atoms with Gasteiger partial charge in [-0.1, -0.05) is 59.3 Å². The van der Waals surface area contributed by atoms with E-state index in [1.165, 1.54) is 37.0 Å². The highest BCUT2D eigenvalue weighted by atomic mass is 35.5. The van der Waals surface area contributed by atoms with E-state index < -0.39 is 22.5 Å². The van der Waals surface area contributed by atoms with Crippen LogP contribution in [0, 0.1) is 10.1 Å². The minimum absolute atomic E-state index is 0.114. The van der Waals surface area contributed by atoms with E-state index in [4.69, 9.17) is 35.2 Å². The summed E-state index contributed by atoms with van der Waals surface area (Å²) < 4.78 is 24.2. The molecule has 0 saturated carbocycles. The maximum Gasteiger partial charge on any atom is 0.338 e. The second kappa shape index (κ2) is 13.1. The summed E-state index contributed by atoms with van der Waals surface area (Å²) in [6, 6.07) is 20.8. The predicted octanol–water partition coefficient (Wildman–Crippen LogP) is 5.77. The molecular weight excluding hydrogens is 646 g/mol. The topological polar surface area (TPSA) is 135 Å². The van der Waals surface area contributed by atoms with Crippen molar-refractivity contribution in [3.05, 3.63) is 136 Å². The summed E-state index contributed by atoms with van der Waals surface area (Å²) in [4.78, 5) is 43.9. The lowest BCUT2D eigenvalue weighted by Crippen LogP contribution is -2.40. The number of esters is 1. The minimum Gasteiger partial charge on any atom is -0.493 e. The highest BCUT2D eigenvalue weighted by Gasteiger charge is 2.35. The number of thiazole rings is 1. The van der Waals surface area contributed by atoms with Crippen LogP contribution in [0.2, 0.25) is 5.02 Å². The summed E-state index contributed by atoms with van der Waals surface area (Å²) in [6.45, 7) is 1.82. The first-order valence-corrected chi connectivity index (χ1v) is 15.5. The van der Waals surface area contributed by atoms with E-state index in [1.54, 1.807) is 43.3 Å². The molecule has 47 heavy (non-hydrogen) atoms. The SMILES string of the molecule is CCOC(=O)C1=C(c2ccccc2)N=c2s/c(=C\c3ccc(-c4cc([N+](=O)[O-])ccc4Cl)o3)c(=O)n2[C@H]1c1ccc(OC)c(OC)c1. The summed E-state index contributed by atoms with van der Waals surface area (Å²) in [5, 5.41) is 11.6. The third-order valence-electron chi connectivity index (χ3n) is 7.42. The highest BCUT2D eigenvalue weighted by Crippen LogP contribution is 2.38. The number of non-ortho nitro benzene ring substituents is 1. The van der Waals surface area contributed by atoms with E-state index in [-0.39, 0.29) is 33.2 Å². The van der Waals surface area contributed by atoms with Crippen LogP contribution in [0.5, 0.6) is 11.5 Å². The number of carbonyl (C=O) groups is 1. The van der Waals surface area contributed by atoms with Crippen molar-refractivity contribution in [1.82, 2.24) is 4.57 Å². The van der Waals surface area contributed by atoms with E-state index in [1.807, 2.05) is 30.3 Å². The molecule has 0 spiro atoms. The van der Waals surface area contributed by atoms with Crippen LogP contribution < -0.4 is 24.4 Å². The largest absolute Gasteiger partial charge is 0.493 e. The Morgan fingerprint density at radius 2 is 1.83 bits per heavy atom. The van der Waals surface area contributed by atoms with E-state index >= 15 is 0 Å². The van der Waals surface area contributed by atoms with Crippen molar-refractivity contribution >= 4 is 46.4 Å². The van der Waals surface area contributed by atoms with Gasteiger partial charge in [-0.2, -0.15) is 0 Å². The van der Waals surface area contributed by atoms with Gasteiger partial charge >= 0.3 is 5.97 Å². The fraction of sp³-hybridized carbons (Fsp3) is 0.147. The molecule has 0 bridgehead atoms.